The molecule has 2 heterocycles. The highest BCUT2D eigenvalue weighted by Gasteiger charge is 2.07. The van der Waals surface area contributed by atoms with Crippen LogP contribution in [0.25, 0.3) is 41.3 Å². The van der Waals surface area contributed by atoms with Crippen LogP contribution >= 0.6 is 22.7 Å². The number of anilines is 2. The largest absolute Gasteiger partial charge is 0.356 e. The summed E-state index contributed by atoms with van der Waals surface area (Å²) in [6, 6.07) is 36.2. The molecular formula is C27H18N2S2. The average molecular weight is 435 g/mol. The summed E-state index contributed by atoms with van der Waals surface area (Å²) >= 11 is 3.57. The van der Waals surface area contributed by atoms with Crippen LogP contribution in [0.4, 0.5) is 11.4 Å². The Bertz CT molecular complexity index is 1310. The lowest BCUT2D eigenvalue weighted by Crippen LogP contribution is -1.90. The highest BCUT2D eigenvalue weighted by atomic mass is 32.1. The smallest absolute Gasteiger partial charge is 0.124 e. The van der Waals surface area contributed by atoms with E-state index >= 15 is 0 Å². The molecule has 4 heteroatoms. The van der Waals surface area contributed by atoms with Crippen molar-refractivity contribution in [2.75, 3.05) is 5.32 Å². The van der Waals surface area contributed by atoms with E-state index in [0.29, 0.717) is 0 Å². The zero-order valence-electron chi connectivity index (χ0n) is 16.6. The van der Waals surface area contributed by atoms with Gasteiger partial charge in [-0.3, -0.25) is 0 Å². The summed E-state index contributed by atoms with van der Waals surface area (Å²) in [7, 11) is 0. The van der Waals surface area contributed by atoms with Crippen LogP contribution in [0.2, 0.25) is 0 Å². The Morgan fingerprint density at radius 3 is 1.94 bits per heavy atom. The van der Waals surface area contributed by atoms with Crippen molar-refractivity contribution in [1.29, 1.82) is 0 Å². The van der Waals surface area contributed by atoms with Gasteiger partial charge in [0.1, 0.15) is 5.01 Å². The molecule has 4 aromatic carbocycles. The van der Waals surface area contributed by atoms with Crippen LogP contribution in [0.3, 0.4) is 0 Å². The summed E-state index contributed by atoms with van der Waals surface area (Å²) in [6.45, 7) is 0. The second-order valence-electron chi connectivity index (χ2n) is 7.41. The second-order valence-corrected chi connectivity index (χ2v) is 9.53. The summed E-state index contributed by atoms with van der Waals surface area (Å²) in [4.78, 5) is 6.05. The number of hydrogen-bond donors (Lipinski definition) is 1. The maximum absolute atomic E-state index is 4.75. The van der Waals surface area contributed by atoms with E-state index in [2.05, 4.69) is 102 Å². The summed E-state index contributed by atoms with van der Waals surface area (Å²) in [5.41, 5.74) is 5.60. The van der Waals surface area contributed by atoms with E-state index in [1.807, 2.05) is 17.4 Å². The molecule has 0 aliphatic carbocycles. The van der Waals surface area contributed by atoms with E-state index in [-0.39, 0.29) is 0 Å². The normalized spacial score (nSPS) is 11.2. The first kappa shape index (κ1) is 18.3. The molecule has 6 rings (SSSR count). The van der Waals surface area contributed by atoms with Crippen molar-refractivity contribution < 1.29 is 0 Å². The summed E-state index contributed by atoms with van der Waals surface area (Å²) in [6.07, 6.45) is 0. The molecule has 2 nitrogen and oxygen atoms in total. The highest BCUT2D eigenvalue weighted by molar-refractivity contribution is 7.22. The zero-order chi connectivity index (χ0) is 20.6. The third-order valence-electron chi connectivity index (χ3n) is 5.31. The van der Waals surface area contributed by atoms with Gasteiger partial charge in [-0.15, -0.1) is 22.7 Å². The van der Waals surface area contributed by atoms with Crippen LogP contribution in [-0.2, 0) is 0 Å². The standard InChI is InChI=1S/C27H18N2S2/c1-3-7-24-20(5-1)17-26(30-24)18-9-13-21(14-10-18)28-22-15-11-19(12-16-22)27-29-23-6-2-4-8-25(23)31-27/h1-17,28H. The molecule has 0 atom stereocenters. The fourth-order valence-corrected chi connectivity index (χ4v) is 5.74. The molecule has 0 spiro atoms. The van der Waals surface area contributed by atoms with E-state index < -0.39 is 0 Å². The van der Waals surface area contributed by atoms with E-state index in [1.165, 1.54) is 25.2 Å². The Kier molecular flexibility index (Phi) is 4.52. The predicted molar refractivity (Wildman–Crippen MR) is 136 cm³/mol. The van der Waals surface area contributed by atoms with Gasteiger partial charge in [0.2, 0.25) is 0 Å². The maximum Gasteiger partial charge on any atom is 0.124 e. The number of hydrogen-bond acceptors (Lipinski definition) is 4. The van der Waals surface area contributed by atoms with Gasteiger partial charge >= 0.3 is 0 Å². The monoisotopic (exact) mass is 434 g/mol. The fraction of sp³-hybridized carbons (Fsp3) is 0. The first-order chi connectivity index (χ1) is 15.3. The predicted octanol–water partition coefficient (Wildman–Crippen LogP) is 8.59. The van der Waals surface area contributed by atoms with Gasteiger partial charge in [-0.2, -0.15) is 0 Å². The van der Waals surface area contributed by atoms with E-state index in [1.54, 1.807) is 11.3 Å². The molecule has 0 aliphatic heterocycles. The quantitative estimate of drug-likeness (QED) is 0.300. The van der Waals surface area contributed by atoms with Crippen molar-refractivity contribution in [3.8, 4) is 21.0 Å². The molecule has 148 valence electrons. The molecule has 2 aromatic heterocycles. The average Bonchev–Trinajstić information content (AvgIpc) is 3.44. The molecule has 0 radical (unpaired) electrons. The molecule has 0 aliphatic rings. The maximum atomic E-state index is 4.75. The van der Waals surface area contributed by atoms with E-state index in [0.717, 1.165) is 27.5 Å². The van der Waals surface area contributed by atoms with Crippen molar-refractivity contribution in [3.05, 3.63) is 103 Å². The van der Waals surface area contributed by atoms with E-state index in [9.17, 15) is 0 Å². The molecule has 0 saturated carbocycles. The Labute approximate surface area is 188 Å². The number of thiophene rings is 1. The summed E-state index contributed by atoms with van der Waals surface area (Å²) < 4.78 is 2.55. The SMILES string of the molecule is c1ccc2sc(-c3ccc(Nc4ccc(-c5nc6ccccc6s5)cc4)cc3)cc2c1. The van der Waals surface area contributed by atoms with Gasteiger partial charge in [0.25, 0.3) is 0 Å². The number of nitrogens with zero attached hydrogens (tertiary/aromatic N) is 1. The van der Waals surface area contributed by atoms with Crippen LogP contribution in [0.1, 0.15) is 0 Å². The van der Waals surface area contributed by atoms with Crippen LogP contribution in [0, 0.1) is 0 Å². The minimum Gasteiger partial charge on any atom is -0.356 e. The number of aromatic nitrogens is 1. The first-order valence-corrected chi connectivity index (χ1v) is 11.8. The number of fused-ring (bicyclic) bond motifs is 2. The molecule has 0 amide bonds. The van der Waals surface area contributed by atoms with Crippen molar-refractivity contribution in [2.45, 2.75) is 0 Å². The minimum atomic E-state index is 1.06. The van der Waals surface area contributed by atoms with Gasteiger partial charge in [-0.1, -0.05) is 42.5 Å². The molecule has 1 N–H and O–H groups in total. The van der Waals surface area contributed by atoms with Crippen LogP contribution in [0.5, 0.6) is 0 Å². The van der Waals surface area contributed by atoms with Crippen LogP contribution < -0.4 is 5.32 Å². The molecule has 0 bridgehead atoms. The van der Waals surface area contributed by atoms with Gasteiger partial charge < -0.3 is 5.32 Å². The Hall–Kier alpha value is -3.47. The van der Waals surface area contributed by atoms with Crippen LogP contribution in [0.15, 0.2) is 103 Å². The summed E-state index contributed by atoms with van der Waals surface area (Å²) in [5.74, 6) is 0. The molecule has 6 aromatic rings. The second kappa shape index (κ2) is 7.65. The van der Waals surface area contributed by atoms with Crippen molar-refractivity contribution in [1.82, 2.24) is 4.98 Å². The number of benzene rings is 4. The lowest BCUT2D eigenvalue weighted by atomic mass is 10.1. The van der Waals surface area contributed by atoms with Crippen LogP contribution in [-0.4, -0.2) is 4.98 Å². The third kappa shape index (κ3) is 3.61. The number of thiazole rings is 1. The Morgan fingerprint density at radius 2 is 1.23 bits per heavy atom. The molecule has 31 heavy (non-hydrogen) atoms. The third-order valence-corrected chi connectivity index (χ3v) is 7.56. The number of para-hydroxylation sites is 1. The topological polar surface area (TPSA) is 24.9 Å². The van der Waals surface area contributed by atoms with Crippen molar-refractivity contribution in [3.63, 3.8) is 0 Å². The highest BCUT2D eigenvalue weighted by Crippen LogP contribution is 2.34. The lowest BCUT2D eigenvalue weighted by molar-refractivity contribution is 1.47. The van der Waals surface area contributed by atoms with Gasteiger partial charge in [0.05, 0.1) is 10.2 Å². The van der Waals surface area contributed by atoms with Gasteiger partial charge in [-0.05, 0) is 71.6 Å². The van der Waals surface area contributed by atoms with Gasteiger partial charge in [0.15, 0.2) is 0 Å². The lowest BCUT2D eigenvalue weighted by Gasteiger charge is -2.08. The molecule has 0 fully saturated rings. The number of rotatable bonds is 4. The molecule has 0 unspecified atom stereocenters. The van der Waals surface area contributed by atoms with Gasteiger partial charge in [0, 0.05) is 26.5 Å². The Balaban J connectivity index is 1.20. The summed E-state index contributed by atoms with van der Waals surface area (Å²) in [5, 5.41) is 5.86. The Morgan fingerprint density at radius 1 is 0.581 bits per heavy atom. The molecular weight excluding hydrogens is 416 g/mol. The van der Waals surface area contributed by atoms with Crippen molar-refractivity contribution in [2.24, 2.45) is 0 Å². The zero-order valence-corrected chi connectivity index (χ0v) is 18.2. The minimum absolute atomic E-state index is 1.06. The van der Waals surface area contributed by atoms with Crippen molar-refractivity contribution >= 4 is 54.4 Å². The first-order valence-electron chi connectivity index (χ1n) is 10.1. The fourth-order valence-electron chi connectivity index (χ4n) is 3.70. The van der Waals surface area contributed by atoms with E-state index in [4.69, 9.17) is 4.98 Å². The van der Waals surface area contributed by atoms with Gasteiger partial charge in [-0.25, -0.2) is 4.98 Å². The molecule has 0 saturated heterocycles. The number of nitrogens with one attached hydrogen (secondary N) is 1.